The SMILES string of the molecule is N=NN[C@]1(C(=O)NCc2cc(F)cc(Cl)c2)CCN(c2ccccc2)C1=O. The lowest BCUT2D eigenvalue weighted by Crippen LogP contribution is -2.60. The number of rotatable bonds is 6. The Morgan fingerprint density at radius 1 is 1.30 bits per heavy atom. The molecule has 0 unspecified atom stereocenters. The predicted molar refractivity (Wildman–Crippen MR) is 97.7 cm³/mol. The van der Waals surface area contributed by atoms with E-state index in [2.05, 4.69) is 16.0 Å². The molecule has 0 aromatic heterocycles. The van der Waals surface area contributed by atoms with E-state index < -0.39 is 23.2 Å². The molecule has 2 aromatic carbocycles. The van der Waals surface area contributed by atoms with Gasteiger partial charge in [-0.1, -0.05) is 35.0 Å². The first-order valence-electron chi connectivity index (χ1n) is 8.20. The summed E-state index contributed by atoms with van der Waals surface area (Å²) in [4.78, 5) is 27.2. The number of nitrogens with one attached hydrogen (secondary N) is 3. The number of anilines is 1. The summed E-state index contributed by atoms with van der Waals surface area (Å²) in [6.45, 7) is 0.279. The minimum atomic E-state index is -1.69. The van der Waals surface area contributed by atoms with Crippen molar-refractivity contribution in [2.75, 3.05) is 11.4 Å². The van der Waals surface area contributed by atoms with Gasteiger partial charge in [0, 0.05) is 30.2 Å². The third kappa shape index (κ3) is 3.75. The normalized spacial score (nSPS) is 19.0. The van der Waals surface area contributed by atoms with Gasteiger partial charge in [0.25, 0.3) is 11.8 Å². The van der Waals surface area contributed by atoms with Gasteiger partial charge in [0.1, 0.15) is 5.82 Å². The Morgan fingerprint density at radius 3 is 2.70 bits per heavy atom. The first kappa shape index (κ1) is 18.8. The molecule has 1 aliphatic rings. The quantitative estimate of drug-likeness (QED) is 0.402. The van der Waals surface area contributed by atoms with Crippen LogP contribution < -0.4 is 15.6 Å². The smallest absolute Gasteiger partial charge is 0.264 e. The molecule has 7 nitrogen and oxygen atoms in total. The van der Waals surface area contributed by atoms with E-state index in [1.165, 1.54) is 17.0 Å². The van der Waals surface area contributed by atoms with Crippen molar-refractivity contribution in [3.05, 3.63) is 64.9 Å². The molecule has 3 N–H and O–H groups in total. The highest BCUT2D eigenvalue weighted by Crippen LogP contribution is 2.29. The highest BCUT2D eigenvalue weighted by Gasteiger charge is 2.53. The van der Waals surface area contributed by atoms with Crippen molar-refractivity contribution >= 4 is 29.1 Å². The average Bonchev–Trinajstić information content (AvgIpc) is 2.97. The molecule has 0 spiro atoms. The second-order valence-corrected chi connectivity index (χ2v) is 6.57. The molecule has 27 heavy (non-hydrogen) atoms. The molecule has 0 bridgehead atoms. The van der Waals surface area contributed by atoms with E-state index in [1.54, 1.807) is 24.3 Å². The number of amides is 2. The van der Waals surface area contributed by atoms with Gasteiger partial charge < -0.3 is 10.2 Å². The van der Waals surface area contributed by atoms with Gasteiger partial charge in [-0.15, -0.1) is 0 Å². The van der Waals surface area contributed by atoms with Crippen molar-refractivity contribution in [1.29, 1.82) is 5.53 Å². The zero-order chi connectivity index (χ0) is 19.4. The van der Waals surface area contributed by atoms with Gasteiger partial charge in [0.15, 0.2) is 0 Å². The summed E-state index contributed by atoms with van der Waals surface area (Å²) in [6, 6.07) is 12.9. The third-order valence-corrected chi connectivity index (χ3v) is 4.62. The van der Waals surface area contributed by atoms with Crippen LogP contribution in [0.2, 0.25) is 5.02 Å². The lowest BCUT2D eigenvalue weighted by Gasteiger charge is -2.25. The van der Waals surface area contributed by atoms with Gasteiger partial charge in [0.2, 0.25) is 5.54 Å². The number of nitrogens with zero attached hydrogens (tertiary/aromatic N) is 2. The van der Waals surface area contributed by atoms with Gasteiger partial charge >= 0.3 is 0 Å². The highest BCUT2D eigenvalue weighted by atomic mass is 35.5. The number of benzene rings is 2. The Kier molecular flexibility index (Phi) is 5.36. The van der Waals surface area contributed by atoms with Crippen LogP contribution in [0.3, 0.4) is 0 Å². The van der Waals surface area contributed by atoms with Gasteiger partial charge in [-0.25, -0.2) is 4.39 Å². The van der Waals surface area contributed by atoms with Crippen molar-refractivity contribution in [2.24, 2.45) is 5.22 Å². The van der Waals surface area contributed by atoms with Crippen molar-refractivity contribution in [3.63, 3.8) is 0 Å². The Bertz CT molecular complexity index is 859. The van der Waals surface area contributed by atoms with Gasteiger partial charge in [0.05, 0.1) is 0 Å². The van der Waals surface area contributed by atoms with E-state index in [0.29, 0.717) is 17.8 Å². The Balaban J connectivity index is 1.79. The maximum absolute atomic E-state index is 13.4. The van der Waals surface area contributed by atoms with Crippen LogP contribution >= 0.6 is 11.6 Å². The first-order valence-corrected chi connectivity index (χ1v) is 8.58. The minimum Gasteiger partial charge on any atom is -0.349 e. The minimum absolute atomic E-state index is 0.0175. The zero-order valence-electron chi connectivity index (χ0n) is 14.2. The van der Waals surface area contributed by atoms with Crippen molar-refractivity contribution < 1.29 is 14.0 Å². The van der Waals surface area contributed by atoms with Gasteiger partial charge in [-0.2, -0.15) is 5.53 Å². The molecule has 9 heteroatoms. The topological polar surface area (TPSA) is 97.7 Å². The second-order valence-electron chi connectivity index (χ2n) is 6.13. The fourth-order valence-electron chi connectivity index (χ4n) is 3.08. The summed E-state index contributed by atoms with van der Waals surface area (Å²) in [7, 11) is 0. The van der Waals surface area contributed by atoms with E-state index in [-0.39, 0.29) is 18.0 Å². The summed E-state index contributed by atoms with van der Waals surface area (Å²) in [6.07, 6.45) is 0.138. The van der Waals surface area contributed by atoms with Crippen LogP contribution in [0, 0.1) is 11.3 Å². The van der Waals surface area contributed by atoms with Crippen molar-refractivity contribution in [1.82, 2.24) is 10.7 Å². The van der Waals surface area contributed by atoms with Crippen LogP contribution in [0.4, 0.5) is 10.1 Å². The largest absolute Gasteiger partial charge is 0.349 e. The fraction of sp³-hybridized carbons (Fsp3) is 0.222. The van der Waals surface area contributed by atoms with Crippen molar-refractivity contribution in [3.8, 4) is 0 Å². The lowest BCUT2D eigenvalue weighted by molar-refractivity contribution is -0.136. The second kappa shape index (κ2) is 7.71. The summed E-state index contributed by atoms with van der Waals surface area (Å²) in [5.41, 5.74) is 8.87. The Morgan fingerprint density at radius 2 is 2.04 bits per heavy atom. The number of hydrogen-bond donors (Lipinski definition) is 3. The Labute approximate surface area is 160 Å². The van der Waals surface area contributed by atoms with Crippen LogP contribution in [0.15, 0.2) is 53.8 Å². The molecule has 1 fully saturated rings. The molecule has 140 valence electrons. The molecule has 0 saturated carbocycles. The van der Waals surface area contributed by atoms with E-state index in [0.717, 1.165) is 6.07 Å². The van der Waals surface area contributed by atoms with Crippen LogP contribution in [0.1, 0.15) is 12.0 Å². The lowest BCUT2D eigenvalue weighted by atomic mass is 9.97. The maximum Gasteiger partial charge on any atom is 0.264 e. The highest BCUT2D eigenvalue weighted by molar-refractivity contribution is 6.30. The molecule has 0 radical (unpaired) electrons. The number of para-hydroxylation sites is 1. The van der Waals surface area contributed by atoms with Crippen molar-refractivity contribution in [2.45, 2.75) is 18.5 Å². The van der Waals surface area contributed by atoms with Gasteiger partial charge in [-0.05, 0) is 35.9 Å². The monoisotopic (exact) mass is 389 g/mol. The molecular weight excluding hydrogens is 373 g/mol. The van der Waals surface area contributed by atoms with E-state index in [4.69, 9.17) is 17.1 Å². The molecule has 2 aromatic rings. The summed E-state index contributed by atoms with van der Waals surface area (Å²) >= 11 is 5.81. The summed E-state index contributed by atoms with van der Waals surface area (Å²) in [5, 5.41) is 5.90. The van der Waals surface area contributed by atoms with Crippen LogP contribution in [0.25, 0.3) is 0 Å². The van der Waals surface area contributed by atoms with E-state index in [1.807, 2.05) is 6.07 Å². The first-order chi connectivity index (χ1) is 13.0. The fourth-order valence-corrected chi connectivity index (χ4v) is 3.32. The molecule has 0 aliphatic carbocycles. The van der Waals surface area contributed by atoms with Crippen LogP contribution in [-0.4, -0.2) is 23.9 Å². The van der Waals surface area contributed by atoms with E-state index in [9.17, 15) is 14.0 Å². The molecule has 2 amide bonds. The molecule has 3 rings (SSSR count). The third-order valence-electron chi connectivity index (χ3n) is 4.40. The van der Waals surface area contributed by atoms with Crippen LogP contribution in [0.5, 0.6) is 0 Å². The van der Waals surface area contributed by atoms with Crippen LogP contribution in [-0.2, 0) is 16.1 Å². The van der Waals surface area contributed by atoms with E-state index >= 15 is 0 Å². The summed E-state index contributed by atoms with van der Waals surface area (Å²) in [5.74, 6) is -1.66. The molecule has 1 atom stereocenters. The molecule has 1 aliphatic heterocycles. The van der Waals surface area contributed by atoms with Gasteiger partial charge in [-0.3, -0.25) is 15.0 Å². The number of halogens is 2. The average molecular weight is 390 g/mol. The number of carbonyl (C=O) groups excluding carboxylic acids is 2. The summed E-state index contributed by atoms with van der Waals surface area (Å²) < 4.78 is 13.4. The zero-order valence-corrected chi connectivity index (χ0v) is 15.0. The Hall–Kier alpha value is -3.00. The number of carbonyl (C=O) groups is 2. The number of hydrogen-bond acceptors (Lipinski definition) is 4. The predicted octanol–water partition coefficient (Wildman–Crippen LogP) is 2.81. The molecule has 1 saturated heterocycles. The molecule has 1 heterocycles. The standard InChI is InChI=1S/C18H17ClFN5O2/c19-13-8-12(9-14(20)10-13)11-22-16(26)18(23-24-21)6-7-25(17(18)27)15-4-2-1-3-5-15/h1-5,8-10H,6-7,11H2,(H2,21,23)(H,22,26)/t18-/m0/s1. The maximum atomic E-state index is 13.4. The molecular formula is C18H17ClFN5O2.